The molecule has 0 saturated carbocycles. The molecule has 0 saturated heterocycles. The summed E-state index contributed by atoms with van der Waals surface area (Å²) in [4.78, 5) is 12.2. The number of carbonyl (C=O) groups is 1. The predicted molar refractivity (Wildman–Crippen MR) is 86.1 cm³/mol. The second-order valence-electron chi connectivity index (χ2n) is 5.04. The number of nitrogens with zero attached hydrogens (tertiary/aromatic N) is 1. The highest BCUT2D eigenvalue weighted by atomic mass is 19.1. The molecule has 6 heteroatoms. The van der Waals surface area contributed by atoms with E-state index < -0.39 is 11.7 Å². The minimum Gasteiger partial charge on any atom is -0.486 e. The van der Waals surface area contributed by atoms with E-state index in [0.717, 1.165) is 0 Å². The summed E-state index contributed by atoms with van der Waals surface area (Å²) in [5.74, 6) is 0.119. The third kappa shape index (κ3) is 3.52. The monoisotopic (exact) mass is 324 g/mol. The van der Waals surface area contributed by atoms with Crippen molar-refractivity contribution >= 4 is 17.7 Å². The fourth-order valence-electron chi connectivity index (χ4n) is 2.23. The number of amides is 1. The summed E-state index contributed by atoms with van der Waals surface area (Å²) in [5, 5.41) is 11.8. The zero-order chi connectivity index (χ0) is 16.9. The third-order valence-electron chi connectivity index (χ3n) is 3.32. The Morgan fingerprint density at radius 2 is 1.96 bits per heavy atom. The van der Waals surface area contributed by atoms with Gasteiger partial charge in [0.15, 0.2) is 11.5 Å². The first-order valence-electron chi connectivity index (χ1n) is 7.24. The average molecular weight is 324 g/mol. The molecular weight excluding hydrogens is 311 g/mol. The van der Waals surface area contributed by atoms with Gasteiger partial charge in [-0.05, 0) is 35.9 Å². The van der Waals surface area contributed by atoms with E-state index in [0.29, 0.717) is 36.0 Å². The summed E-state index contributed by atoms with van der Waals surface area (Å²) in [6, 6.07) is 12.4. The van der Waals surface area contributed by atoms with E-state index in [1.54, 1.807) is 24.3 Å². The van der Waals surface area contributed by atoms with Gasteiger partial charge in [-0.15, -0.1) is 0 Å². The Labute approximate surface area is 137 Å². The Balaban J connectivity index is 1.79. The lowest BCUT2D eigenvalue weighted by Gasteiger charge is -2.18. The highest BCUT2D eigenvalue weighted by Gasteiger charge is 2.14. The molecule has 120 valence electrons. The van der Waals surface area contributed by atoms with Crippen molar-refractivity contribution < 1.29 is 18.7 Å². The molecule has 1 heterocycles. The molecule has 0 spiro atoms. The van der Waals surface area contributed by atoms with Crippen LogP contribution in [0.4, 0.5) is 10.1 Å². The lowest BCUT2D eigenvalue weighted by molar-refractivity contribution is -0.112. The number of benzene rings is 2. The smallest absolute Gasteiger partial charge is 0.266 e. The maximum absolute atomic E-state index is 13.2. The predicted octanol–water partition coefficient (Wildman–Crippen LogP) is 3.14. The number of hydrogen-bond acceptors (Lipinski definition) is 4. The first kappa shape index (κ1) is 15.6. The topological polar surface area (TPSA) is 71.4 Å². The Kier molecular flexibility index (Phi) is 4.43. The molecule has 2 aromatic rings. The van der Waals surface area contributed by atoms with Crippen molar-refractivity contribution in [1.29, 1.82) is 5.26 Å². The molecule has 0 atom stereocenters. The van der Waals surface area contributed by atoms with Crippen molar-refractivity contribution in [2.45, 2.75) is 0 Å². The number of fused-ring (bicyclic) bond motifs is 1. The number of hydrogen-bond donors (Lipinski definition) is 1. The number of rotatable bonds is 3. The number of carbonyl (C=O) groups excluding carboxylic acids is 1. The van der Waals surface area contributed by atoms with Crippen LogP contribution in [-0.2, 0) is 4.79 Å². The number of halogens is 1. The van der Waals surface area contributed by atoms with Crippen molar-refractivity contribution in [3.63, 3.8) is 0 Å². The third-order valence-corrected chi connectivity index (χ3v) is 3.32. The molecule has 24 heavy (non-hydrogen) atoms. The summed E-state index contributed by atoms with van der Waals surface area (Å²) in [6.45, 7) is 0.918. The molecule has 1 aliphatic rings. The molecule has 1 amide bonds. The first-order chi connectivity index (χ1) is 11.7. The van der Waals surface area contributed by atoms with Crippen LogP contribution in [0, 0.1) is 17.1 Å². The van der Waals surface area contributed by atoms with E-state index in [1.165, 1.54) is 24.3 Å². The fraction of sp³-hybridized carbons (Fsp3) is 0.111. The van der Waals surface area contributed by atoms with Gasteiger partial charge in [0.1, 0.15) is 30.7 Å². The summed E-state index contributed by atoms with van der Waals surface area (Å²) >= 11 is 0. The van der Waals surface area contributed by atoms with Crippen molar-refractivity contribution in [3.8, 4) is 17.6 Å². The van der Waals surface area contributed by atoms with Crippen LogP contribution in [0.5, 0.6) is 11.5 Å². The zero-order valence-electron chi connectivity index (χ0n) is 12.6. The molecule has 3 rings (SSSR count). The number of ether oxygens (including phenoxy) is 2. The standard InChI is InChI=1S/C18H13FN2O3/c19-14-3-1-2-12(9-14)8-13(11-20)18(22)21-15-4-5-16-17(10-15)24-7-6-23-16/h1-5,8-10H,6-7H2,(H,21,22). The molecule has 5 nitrogen and oxygen atoms in total. The summed E-state index contributed by atoms with van der Waals surface area (Å²) in [7, 11) is 0. The molecule has 0 unspecified atom stereocenters. The maximum atomic E-state index is 13.2. The van der Waals surface area contributed by atoms with Crippen molar-refractivity contribution in [1.82, 2.24) is 0 Å². The van der Waals surface area contributed by atoms with Crippen LogP contribution in [0.3, 0.4) is 0 Å². The van der Waals surface area contributed by atoms with Crippen LogP contribution >= 0.6 is 0 Å². The van der Waals surface area contributed by atoms with Crippen LogP contribution in [0.1, 0.15) is 5.56 Å². The van der Waals surface area contributed by atoms with Gasteiger partial charge in [-0.3, -0.25) is 4.79 Å². The largest absolute Gasteiger partial charge is 0.486 e. The molecule has 0 aliphatic carbocycles. The molecule has 0 fully saturated rings. The Morgan fingerprint density at radius 1 is 1.17 bits per heavy atom. The van der Waals surface area contributed by atoms with Crippen LogP contribution in [0.2, 0.25) is 0 Å². The summed E-state index contributed by atoms with van der Waals surface area (Å²) in [5.41, 5.74) is 0.781. The maximum Gasteiger partial charge on any atom is 0.266 e. The molecule has 0 radical (unpaired) electrons. The normalized spacial score (nSPS) is 13.1. The minimum atomic E-state index is -0.585. The SMILES string of the molecule is N#CC(=Cc1cccc(F)c1)C(=O)Nc1ccc2c(c1)OCCO2. The van der Waals surface area contributed by atoms with E-state index in [9.17, 15) is 14.4 Å². The van der Waals surface area contributed by atoms with E-state index in [1.807, 2.05) is 6.07 Å². The highest BCUT2D eigenvalue weighted by Crippen LogP contribution is 2.32. The minimum absolute atomic E-state index is 0.129. The van der Waals surface area contributed by atoms with Gasteiger partial charge in [-0.25, -0.2) is 4.39 Å². The van der Waals surface area contributed by atoms with Crippen molar-refractivity contribution in [2.75, 3.05) is 18.5 Å². The molecule has 0 bridgehead atoms. The summed E-state index contributed by atoms with van der Waals surface area (Å²) < 4.78 is 24.0. The van der Waals surface area contributed by atoms with Crippen molar-refractivity contribution in [2.24, 2.45) is 0 Å². The van der Waals surface area contributed by atoms with E-state index >= 15 is 0 Å². The molecule has 1 N–H and O–H groups in total. The van der Waals surface area contributed by atoms with E-state index in [-0.39, 0.29) is 5.57 Å². The molecule has 0 aromatic heterocycles. The fourth-order valence-corrected chi connectivity index (χ4v) is 2.23. The number of anilines is 1. The molecule has 2 aromatic carbocycles. The highest BCUT2D eigenvalue weighted by molar-refractivity contribution is 6.09. The van der Waals surface area contributed by atoms with Gasteiger partial charge in [0.05, 0.1) is 0 Å². The number of nitriles is 1. The van der Waals surface area contributed by atoms with Crippen LogP contribution in [0.25, 0.3) is 6.08 Å². The van der Waals surface area contributed by atoms with Gasteiger partial charge in [0, 0.05) is 11.8 Å². The average Bonchev–Trinajstić information content (AvgIpc) is 2.59. The molecular formula is C18H13FN2O3. The van der Waals surface area contributed by atoms with Crippen LogP contribution in [-0.4, -0.2) is 19.1 Å². The first-order valence-corrected chi connectivity index (χ1v) is 7.24. The Hall–Kier alpha value is -3.33. The van der Waals surface area contributed by atoms with Gasteiger partial charge in [-0.1, -0.05) is 12.1 Å². The van der Waals surface area contributed by atoms with Crippen molar-refractivity contribution in [3.05, 3.63) is 59.4 Å². The Morgan fingerprint density at radius 3 is 2.71 bits per heavy atom. The second-order valence-corrected chi connectivity index (χ2v) is 5.04. The van der Waals surface area contributed by atoms with Gasteiger partial charge in [-0.2, -0.15) is 5.26 Å². The van der Waals surface area contributed by atoms with E-state index in [2.05, 4.69) is 5.32 Å². The lowest BCUT2D eigenvalue weighted by atomic mass is 10.1. The Bertz CT molecular complexity index is 856. The van der Waals surface area contributed by atoms with Gasteiger partial charge >= 0.3 is 0 Å². The van der Waals surface area contributed by atoms with Gasteiger partial charge in [0.25, 0.3) is 5.91 Å². The van der Waals surface area contributed by atoms with Gasteiger partial charge < -0.3 is 14.8 Å². The van der Waals surface area contributed by atoms with Crippen LogP contribution < -0.4 is 14.8 Å². The lowest BCUT2D eigenvalue weighted by Crippen LogP contribution is -2.17. The quantitative estimate of drug-likeness (QED) is 0.695. The van der Waals surface area contributed by atoms with Gasteiger partial charge in [0.2, 0.25) is 0 Å². The summed E-state index contributed by atoms with van der Waals surface area (Å²) in [6.07, 6.45) is 1.33. The second kappa shape index (κ2) is 6.84. The zero-order valence-corrected chi connectivity index (χ0v) is 12.6. The van der Waals surface area contributed by atoms with Crippen LogP contribution in [0.15, 0.2) is 48.0 Å². The molecule has 1 aliphatic heterocycles. The van der Waals surface area contributed by atoms with E-state index in [4.69, 9.17) is 9.47 Å². The number of nitrogens with one attached hydrogen (secondary N) is 1.